The van der Waals surface area contributed by atoms with Crippen molar-refractivity contribution < 1.29 is 10.0 Å². The Morgan fingerprint density at radius 1 is 1.90 bits per heavy atom. The van der Waals surface area contributed by atoms with Gasteiger partial charge in [-0.05, 0) is 0 Å². The average molecular weight is 142 g/mol. The van der Waals surface area contributed by atoms with Crippen LogP contribution in [0, 0.1) is 0 Å². The number of aromatic nitrogens is 2. The first-order valence-corrected chi connectivity index (χ1v) is 2.50. The number of nitrogens with two attached hydrogens (primary N) is 1. The lowest BCUT2D eigenvalue weighted by atomic mass is 10.6. The summed E-state index contributed by atoms with van der Waals surface area (Å²) in [5, 5.41) is 14.2. The molecular weight excluding hydrogens is 136 g/mol. The van der Waals surface area contributed by atoms with Crippen molar-refractivity contribution in [1.82, 2.24) is 9.94 Å². The van der Waals surface area contributed by atoms with Gasteiger partial charge in [-0.3, -0.25) is 5.32 Å². The molecule has 0 aliphatic rings. The second-order valence-corrected chi connectivity index (χ2v) is 1.60. The predicted octanol–water partition coefficient (Wildman–Crippen LogP) is -0.389. The summed E-state index contributed by atoms with van der Waals surface area (Å²) in [7, 11) is 0. The molecule has 1 rings (SSSR count). The lowest BCUT2D eigenvalue weighted by Gasteiger charge is -1.97. The van der Waals surface area contributed by atoms with Gasteiger partial charge in [0.25, 0.3) is 0 Å². The van der Waals surface area contributed by atoms with Gasteiger partial charge in [0.2, 0.25) is 0 Å². The third kappa shape index (κ3) is 1.16. The SMILES string of the molecule is NC(=O)Nc1ccnn1O. The minimum atomic E-state index is -0.740. The lowest BCUT2D eigenvalue weighted by molar-refractivity contribution is 0.154. The second-order valence-electron chi connectivity index (χ2n) is 1.60. The fourth-order valence-electron chi connectivity index (χ4n) is 0.514. The third-order valence-electron chi connectivity index (χ3n) is 0.875. The maximum atomic E-state index is 10.2. The fraction of sp³-hybridized carbons (Fsp3) is 0. The van der Waals surface area contributed by atoms with Gasteiger partial charge in [0.15, 0.2) is 5.82 Å². The zero-order valence-electron chi connectivity index (χ0n) is 4.98. The summed E-state index contributed by atoms with van der Waals surface area (Å²) in [4.78, 5) is 10.7. The molecule has 0 atom stereocenters. The summed E-state index contributed by atoms with van der Waals surface area (Å²) in [6.07, 6.45) is 1.32. The maximum absolute atomic E-state index is 10.2. The first kappa shape index (κ1) is 6.40. The molecule has 0 fully saturated rings. The van der Waals surface area contributed by atoms with Gasteiger partial charge in [0.05, 0.1) is 6.20 Å². The number of carbonyl (C=O) groups is 1. The number of urea groups is 1. The molecule has 0 aliphatic carbocycles. The Kier molecular flexibility index (Phi) is 1.44. The van der Waals surface area contributed by atoms with E-state index in [1.54, 1.807) is 0 Å². The number of rotatable bonds is 1. The summed E-state index contributed by atoms with van der Waals surface area (Å²) < 4.78 is 0. The number of primary amides is 1. The summed E-state index contributed by atoms with van der Waals surface area (Å²) in [6, 6.07) is 0.668. The van der Waals surface area contributed by atoms with Crippen LogP contribution < -0.4 is 11.1 Å². The second kappa shape index (κ2) is 2.26. The molecule has 2 amide bonds. The van der Waals surface area contributed by atoms with Gasteiger partial charge in [-0.2, -0.15) is 0 Å². The molecule has 1 heterocycles. The molecule has 10 heavy (non-hydrogen) atoms. The highest BCUT2D eigenvalue weighted by molar-refractivity contribution is 5.86. The number of amides is 2. The first-order chi connectivity index (χ1) is 4.70. The minimum Gasteiger partial charge on any atom is -0.410 e. The van der Waals surface area contributed by atoms with Crippen LogP contribution in [0.2, 0.25) is 0 Å². The van der Waals surface area contributed by atoms with Crippen LogP contribution in [0.25, 0.3) is 0 Å². The Labute approximate surface area is 56.2 Å². The van der Waals surface area contributed by atoms with Crippen molar-refractivity contribution in [2.45, 2.75) is 0 Å². The highest BCUT2D eigenvalue weighted by Crippen LogP contribution is 2.00. The van der Waals surface area contributed by atoms with Crippen LogP contribution in [0.1, 0.15) is 0 Å². The molecular formula is C4H6N4O2. The molecule has 4 N–H and O–H groups in total. The standard InChI is InChI=1S/C4H6N4O2/c5-4(9)7-3-1-2-6-8(3)10/h1-2,10H,(H3,5,7,9). The number of nitrogens with one attached hydrogen (secondary N) is 1. The molecule has 54 valence electrons. The van der Waals surface area contributed by atoms with Gasteiger partial charge in [-0.15, -0.1) is 5.10 Å². The van der Waals surface area contributed by atoms with Crippen molar-refractivity contribution in [3.8, 4) is 0 Å². The number of carbonyl (C=O) groups excluding carboxylic acids is 1. The van der Waals surface area contributed by atoms with E-state index in [4.69, 9.17) is 10.9 Å². The summed E-state index contributed by atoms with van der Waals surface area (Å²) in [5.41, 5.74) is 4.75. The molecule has 0 aliphatic heterocycles. The summed E-state index contributed by atoms with van der Waals surface area (Å²) >= 11 is 0. The van der Waals surface area contributed by atoms with Crippen LogP contribution in [-0.4, -0.2) is 21.2 Å². The van der Waals surface area contributed by atoms with Crippen molar-refractivity contribution in [3.63, 3.8) is 0 Å². The van der Waals surface area contributed by atoms with E-state index in [9.17, 15) is 4.79 Å². The summed E-state index contributed by atoms with van der Waals surface area (Å²) in [5.74, 6) is 0.146. The van der Waals surface area contributed by atoms with E-state index < -0.39 is 6.03 Å². The molecule has 1 aromatic rings. The molecule has 0 radical (unpaired) electrons. The van der Waals surface area contributed by atoms with Crippen molar-refractivity contribution in [1.29, 1.82) is 0 Å². The van der Waals surface area contributed by atoms with Crippen LogP contribution in [-0.2, 0) is 0 Å². The van der Waals surface area contributed by atoms with Gasteiger partial charge in [0.1, 0.15) is 0 Å². The zero-order valence-corrected chi connectivity index (χ0v) is 4.98. The molecule has 6 heteroatoms. The fourth-order valence-corrected chi connectivity index (χ4v) is 0.514. The van der Waals surface area contributed by atoms with Crippen LogP contribution in [0.3, 0.4) is 0 Å². The largest absolute Gasteiger partial charge is 0.410 e. The van der Waals surface area contributed by atoms with Crippen molar-refractivity contribution >= 4 is 11.8 Å². The smallest absolute Gasteiger partial charge is 0.317 e. The summed E-state index contributed by atoms with van der Waals surface area (Å²) in [6.45, 7) is 0. The van der Waals surface area contributed by atoms with Crippen LogP contribution in [0.15, 0.2) is 12.3 Å². The van der Waals surface area contributed by atoms with Crippen LogP contribution >= 0.6 is 0 Å². The number of anilines is 1. The van der Waals surface area contributed by atoms with Gasteiger partial charge in [-0.25, -0.2) is 4.79 Å². The Balaban J connectivity index is 2.74. The van der Waals surface area contributed by atoms with E-state index in [0.29, 0.717) is 4.85 Å². The lowest BCUT2D eigenvalue weighted by Crippen LogP contribution is -2.21. The van der Waals surface area contributed by atoms with Gasteiger partial charge < -0.3 is 10.9 Å². The highest BCUT2D eigenvalue weighted by atomic mass is 16.5. The van der Waals surface area contributed by atoms with E-state index in [1.807, 2.05) is 0 Å². The Morgan fingerprint density at radius 2 is 2.60 bits per heavy atom. The van der Waals surface area contributed by atoms with Crippen LogP contribution in [0.5, 0.6) is 0 Å². The molecule has 0 spiro atoms. The number of hydrogen-bond acceptors (Lipinski definition) is 3. The highest BCUT2D eigenvalue weighted by Gasteiger charge is 2.00. The average Bonchev–Trinajstić information content (AvgIpc) is 2.15. The molecule has 0 unspecified atom stereocenters. The minimum absolute atomic E-state index is 0.146. The van der Waals surface area contributed by atoms with E-state index in [0.717, 1.165) is 0 Å². The molecule has 6 nitrogen and oxygen atoms in total. The molecule has 0 aromatic carbocycles. The van der Waals surface area contributed by atoms with E-state index >= 15 is 0 Å². The normalized spacial score (nSPS) is 9.20. The monoisotopic (exact) mass is 142 g/mol. The van der Waals surface area contributed by atoms with E-state index in [2.05, 4.69) is 10.4 Å². The van der Waals surface area contributed by atoms with E-state index in [-0.39, 0.29) is 5.82 Å². The van der Waals surface area contributed by atoms with E-state index in [1.165, 1.54) is 12.3 Å². The molecule has 0 bridgehead atoms. The maximum Gasteiger partial charge on any atom is 0.317 e. The van der Waals surface area contributed by atoms with Gasteiger partial charge in [-0.1, -0.05) is 4.85 Å². The third-order valence-corrected chi connectivity index (χ3v) is 0.875. The Bertz CT molecular complexity index is 243. The predicted molar refractivity (Wildman–Crippen MR) is 32.6 cm³/mol. The first-order valence-electron chi connectivity index (χ1n) is 2.50. The number of hydrogen-bond donors (Lipinski definition) is 3. The Morgan fingerprint density at radius 3 is 3.00 bits per heavy atom. The molecule has 1 aromatic heterocycles. The van der Waals surface area contributed by atoms with Crippen LogP contribution in [0.4, 0.5) is 10.6 Å². The number of nitrogens with zero attached hydrogens (tertiary/aromatic N) is 2. The zero-order chi connectivity index (χ0) is 7.56. The van der Waals surface area contributed by atoms with Crippen molar-refractivity contribution in [2.75, 3.05) is 5.32 Å². The van der Waals surface area contributed by atoms with Gasteiger partial charge >= 0.3 is 6.03 Å². The Hall–Kier alpha value is -1.72. The van der Waals surface area contributed by atoms with Crippen molar-refractivity contribution in [3.05, 3.63) is 12.3 Å². The quantitative estimate of drug-likeness (QED) is 0.466. The topological polar surface area (TPSA) is 93.2 Å². The van der Waals surface area contributed by atoms with Gasteiger partial charge in [0, 0.05) is 6.07 Å². The molecule has 0 saturated carbocycles. The van der Waals surface area contributed by atoms with Crippen molar-refractivity contribution in [2.24, 2.45) is 5.73 Å². The molecule has 0 saturated heterocycles.